The van der Waals surface area contributed by atoms with Crippen molar-refractivity contribution in [2.45, 2.75) is 25.2 Å². The van der Waals surface area contributed by atoms with E-state index in [1.807, 2.05) is 28.8 Å². The monoisotopic (exact) mass is 447 g/mol. The molecule has 1 saturated heterocycles. The Labute approximate surface area is 190 Å². The first-order valence-electron chi connectivity index (χ1n) is 11.2. The molecule has 170 valence electrons. The van der Waals surface area contributed by atoms with Crippen molar-refractivity contribution in [1.29, 1.82) is 0 Å². The Hall–Kier alpha value is -3.59. The first-order chi connectivity index (χ1) is 16.1. The molecule has 2 aliphatic rings. The maximum atomic E-state index is 13.3. The first kappa shape index (κ1) is 21.3. The minimum absolute atomic E-state index is 0.0778. The summed E-state index contributed by atoms with van der Waals surface area (Å²) in [5.41, 5.74) is 1.84. The minimum Gasteiger partial charge on any atom is -0.385 e. The second-order valence-corrected chi connectivity index (χ2v) is 8.45. The van der Waals surface area contributed by atoms with Gasteiger partial charge < -0.3 is 9.64 Å². The van der Waals surface area contributed by atoms with Crippen LogP contribution in [0.25, 0.3) is 5.65 Å². The number of hydrogen-bond donors (Lipinski definition) is 0. The maximum Gasteiger partial charge on any atom is 0.261 e. The molecule has 9 heteroatoms. The SMILES string of the molecule is COCCCN1C(=O)c2ccc(C(=O)N3CCC[C@@H](c4nnc5ccccn45)C3)cc2C1=O. The van der Waals surface area contributed by atoms with E-state index >= 15 is 0 Å². The predicted octanol–water partition coefficient (Wildman–Crippen LogP) is 2.38. The summed E-state index contributed by atoms with van der Waals surface area (Å²) in [6, 6.07) is 10.6. The van der Waals surface area contributed by atoms with Crippen LogP contribution in [-0.4, -0.2) is 75.5 Å². The number of imide groups is 1. The highest BCUT2D eigenvalue weighted by Gasteiger charge is 2.36. The number of hydrogen-bond acceptors (Lipinski definition) is 6. The number of pyridine rings is 1. The Morgan fingerprint density at radius 2 is 1.97 bits per heavy atom. The molecule has 0 saturated carbocycles. The molecule has 1 atom stereocenters. The van der Waals surface area contributed by atoms with Crippen molar-refractivity contribution in [2.75, 3.05) is 33.4 Å². The van der Waals surface area contributed by atoms with E-state index in [0.29, 0.717) is 49.4 Å². The van der Waals surface area contributed by atoms with Crippen LogP contribution >= 0.6 is 0 Å². The molecule has 0 N–H and O–H groups in total. The molecule has 9 nitrogen and oxygen atoms in total. The summed E-state index contributed by atoms with van der Waals surface area (Å²) in [5, 5.41) is 8.61. The van der Waals surface area contributed by atoms with Gasteiger partial charge in [0.05, 0.1) is 11.1 Å². The highest BCUT2D eigenvalue weighted by atomic mass is 16.5. The minimum atomic E-state index is -0.354. The van der Waals surface area contributed by atoms with E-state index in [1.54, 1.807) is 30.2 Å². The molecule has 2 aliphatic heterocycles. The Kier molecular flexibility index (Phi) is 5.63. The van der Waals surface area contributed by atoms with Gasteiger partial charge in [-0.2, -0.15) is 0 Å². The van der Waals surface area contributed by atoms with E-state index in [2.05, 4.69) is 10.2 Å². The van der Waals surface area contributed by atoms with Crippen LogP contribution in [0.1, 0.15) is 62.1 Å². The topological polar surface area (TPSA) is 97.1 Å². The van der Waals surface area contributed by atoms with Crippen LogP contribution in [0, 0.1) is 0 Å². The van der Waals surface area contributed by atoms with Gasteiger partial charge in [0.1, 0.15) is 5.82 Å². The lowest BCUT2D eigenvalue weighted by atomic mass is 9.96. The third-order valence-electron chi connectivity index (χ3n) is 6.36. The van der Waals surface area contributed by atoms with Crippen LogP contribution in [0.4, 0.5) is 0 Å². The van der Waals surface area contributed by atoms with E-state index in [0.717, 1.165) is 24.3 Å². The lowest BCUT2D eigenvalue weighted by Gasteiger charge is -2.32. The second kappa shape index (κ2) is 8.74. The van der Waals surface area contributed by atoms with Crippen LogP contribution in [-0.2, 0) is 4.74 Å². The second-order valence-electron chi connectivity index (χ2n) is 8.45. The Morgan fingerprint density at radius 1 is 1.12 bits per heavy atom. The number of aromatic nitrogens is 3. The van der Waals surface area contributed by atoms with Gasteiger partial charge in [0.15, 0.2) is 5.65 Å². The molecule has 0 spiro atoms. The van der Waals surface area contributed by atoms with E-state index < -0.39 is 0 Å². The molecular weight excluding hydrogens is 422 g/mol. The van der Waals surface area contributed by atoms with Gasteiger partial charge in [-0.1, -0.05) is 6.07 Å². The number of rotatable bonds is 6. The summed E-state index contributed by atoms with van der Waals surface area (Å²) in [7, 11) is 1.58. The number of piperidine rings is 1. The molecule has 4 heterocycles. The molecule has 3 aromatic rings. The number of methoxy groups -OCH3 is 1. The third kappa shape index (κ3) is 3.78. The van der Waals surface area contributed by atoms with Crippen molar-refractivity contribution in [3.05, 3.63) is 65.1 Å². The largest absolute Gasteiger partial charge is 0.385 e. The van der Waals surface area contributed by atoms with Crippen LogP contribution < -0.4 is 0 Å². The number of benzene rings is 1. The van der Waals surface area contributed by atoms with Crippen molar-refractivity contribution in [1.82, 2.24) is 24.4 Å². The van der Waals surface area contributed by atoms with Crippen molar-refractivity contribution in [3.63, 3.8) is 0 Å². The summed E-state index contributed by atoms with van der Waals surface area (Å²) < 4.78 is 6.99. The normalized spacial score (nSPS) is 18.3. The number of fused-ring (bicyclic) bond motifs is 2. The van der Waals surface area contributed by atoms with Gasteiger partial charge in [-0.3, -0.25) is 23.7 Å². The molecule has 0 radical (unpaired) electrons. The predicted molar refractivity (Wildman–Crippen MR) is 119 cm³/mol. The van der Waals surface area contributed by atoms with E-state index in [-0.39, 0.29) is 23.6 Å². The molecule has 0 bridgehead atoms. The summed E-state index contributed by atoms with van der Waals surface area (Å²) in [6.45, 7) is 1.93. The van der Waals surface area contributed by atoms with Gasteiger partial charge in [-0.25, -0.2) is 0 Å². The van der Waals surface area contributed by atoms with E-state index in [4.69, 9.17) is 4.74 Å². The zero-order valence-electron chi connectivity index (χ0n) is 18.4. The third-order valence-corrected chi connectivity index (χ3v) is 6.36. The molecule has 1 fully saturated rings. The van der Waals surface area contributed by atoms with E-state index in [1.165, 1.54) is 4.90 Å². The lowest BCUT2D eigenvalue weighted by molar-refractivity contribution is 0.0638. The maximum absolute atomic E-state index is 13.3. The number of likely N-dealkylation sites (tertiary alicyclic amines) is 1. The summed E-state index contributed by atoms with van der Waals surface area (Å²) in [4.78, 5) is 41.8. The molecule has 1 aromatic carbocycles. The van der Waals surface area contributed by atoms with Crippen LogP contribution in [0.5, 0.6) is 0 Å². The fraction of sp³-hybridized carbons (Fsp3) is 0.375. The molecule has 0 unspecified atom stereocenters. The number of amides is 3. The standard InChI is InChI=1S/C24H25N5O4/c1-33-13-5-12-29-23(31)18-9-8-16(14-19(18)24(29)32)22(30)27-10-4-6-17(15-27)21-26-25-20-7-2-3-11-28(20)21/h2-3,7-9,11,14,17H,4-6,10,12-13,15H2,1H3/t17-/m1/s1. The highest BCUT2D eigenvalue weighted by molar-refractivity contribution is 6.22. The molecular formula is C24H25N5O4. The van der Waals surface area contributed by atoms with Gasteiger partial charge in [-0.05, 0) is 49.6 Å². The molecule has 2 aromatic heterocycles. The fourth-order valence-electron chi connectivity index (χ4n) is 4.69. The van der Waals surface area contributed by atoms with Crippen LogP contribution in [0.3, 0.4) is 0 Å². The Bertz CT molecular complexity index is 1240. The first-order valence-corrected chi connectivity index (χ1v) is 11.2. The van der Waals surface area contributed by atoms with Crippen molar-refractivity contribution in [2.24, 2.45) is 0 Å². The van der Waals surface area contributed by atoms with Crippen molar-refractivity contribution in [3.8, 4) is 0 Å². The van der Waals surface area contributed by atoms with Gasteiger partial charge in [0.2, 0.25) is 0 Å². The Balaban J connectivity index is 1.34. The molecule has 5 rings (SSSR count). The zero-order chi connectivity index (χ0) is 22.9. The number of nitrogens with zero attached hydrogens (tertiary/aromatic N) is 5. The van der Waals surface area contributed by atoms with Gasteiger partial charge in [0, 0.05) is 51.0 Å². The van der Waals surface area contributed by atoms with Crippen molar-refractivity contribution >= 4 is 23.4 Å². The van der Waals surface area contributed by atoms with Crippen LogP contribution in [0.2, 0.25) is 0 Å². The Morgan fingerprint density at radius 3 is 2.82 bits per heavy atom. The number of ether oxygens (including phenoxy) is 1. The van der Waals surface area contributed by atoms with Gasteiger partial charge in [-0.15, -0.1) is 10.2 Å². The van der Waals surface area contributed by atoms with Crippen molar-refractivity contribution < 1.29 is 19.1 Å². The average Bonchev–Trinajstić information content (AvgIpc) is 3.38. The zero-order valence-corrected chi connectivity index (χ0v) is 18.4. The molecule has 0 aliphatic carbocycles. The van der Waals surface area contributed by atoms with Gasteiger partial charge >= 0.3 is 0 Å². The number of carbonyl (C=O) groups excluding carboxylic acids is 3. The summed E-state index contributed by atoms with van der Waals surface area (Å²) in [6.07, 6.45) is 4.29. The lowest BCUT2D eigenvalue weighted by Crippen LogP contribution is -2.39. The summed E-state index contributed by atoms with van der Waals surface area (Å²) >= 11 is 0. The summed E-state index contributed by atoms with van der Waals surface area (Å²) in [5.74, 6) is 0.113. The van der Waals surface area contributed by atoms with Gasteiger partial charge in [0.25, 0.3) is 17.7 Å². The van der Waals surface area contributed by atoms with E-state index in [9.17, 15) is 14.4 Å². The smallest absolute Gasteiger partial charge is 0.261 e. The number of carbonyl (C=O) groups is 3. The highest BCUT2D eigenvalue weighted by Crippen LogP contribution is 2.29. The van der Waals surface area contributed by atoms with Crippen LogP contribution in [0.15, 0.2) is 42.6 Å². The fourth-order valence-corrected chi connectivity index (χ4v) is 4.69. The quantitative estimate of drug-likeness (QED) is 0.425. The molecule has 33 heavy (non-hydrogen) atoms. The molecule has 3 amide bonds. The average molecular weight is 447 g/mol.